The summed E-state index contributed by atoms with van der Waals surface area (Å²) in [5.41, 5.74) is 3.24. The van der Waals surface area contributed by atoms with Gasteiger partial charge in [0, 0.05) is 4.47 Å². The maximum atomic E-state index is 12.6. The Hall–Kier alpha value is -2.51. The van der Waals surface area contributed by atoms with Gasteiger partial charge in [-0.1, -0.05) is 28.1 Å². The summed E-state index contributed by atoms with van der Waals surface area (Å²) in [4.78, 5) is 17.1. The number of thiazole rings is 1. The first kappa shape index (κ1) is 16.9. The Balaban J connectivity index is 1.50. The van der Waals surface area contributed by atoms with Crippen molar-refractivity contribution in [3.8, 4) is 5.69 Å². The van der Waals surface area contributed by atoms with Crippen LogP contribution in [0.1, 0.15) is 21.1 Å². The molecule has 0 bridgehead atoms. The van der Waals surface area contributed by atoms with Gasteiger partial charge in [-0.2, -0.15) is 5.10 Å². The number of aromatic nitrogens is 3. The Morgan fingerprint density at radius 3 is 2.73 bits per heavy atom. The van der Waals surface area contributed by atoms with E-state index in [0.717, 1.165) is 31.1 Å². The van der Waals surface area contributed by atoms with Crippen molar-refractivity contribution in [1.82, 2.24) is 20.1 Å². The lowest BCUT2D eigenvalue weighted by Crippen LogP contribution is -2.23. The van der Waals surface area contributed by atoms with Crippen LogP contribution < -0.4 is 5.32 Å². The first-order valence-corrected chi connectivity index (χ1v) is 9.66. The average Bonchev–Trinajstić information content (AvgIpc) is 3.23. The number of amides is 1. The molecule has 0 aliphatic carbocycles. The third-order valence-corrected chi connectivity index (χ3v) is 5.63. The Kier molecular flexibility index (Phi) is 4.57. The number of rotatable bonds is 4. The maximum Gasteiger partial charge on any atom is 0.255 e. The Bertz CT molecular complexity index is 1050. The van der Waals surface area contributed by atoms with E-state index < -0.39 is 0 Å². The predicted octanol–water partition coefficient (Wildman–Crippen LogP) is 4.48. The fourth-order valence-corrected chi connectivity index (χ4v) is 3.89. The van der Waals surface area contributed by atoms with Crippen LogP contribution in [0, 0.1) is 6.92 Å². The first-order valence-electron chi connectivity index (χ1n) is 8.05. The quantitative estimate of drug-likeness (QED) is 0.523. The van der Waals surface area contributed by atoms with Crippen LogP contribution in [0.2, 0.25) is 0 Å². The van der Waals surface area contributed by atoms with E-state index in [1.807, 2.05) is 55.5 Å². The van der Waals surface area contributed by atoms with Gasteiger partial charge in [0.15, 0.2) is 0 Å². The molecular weight excluding hydrogens is 412 g/mol. The van der Waals surface area contributed by atoms with E-state index in [-0.39, 0.29) is 5.91 Å². The molecule has 5 nitrogen and oxygen atoms in total. The molecule has 0 unspecified atom stereocenters. The smallest absolute Gasteiger partial charge is 0.255 e. The van der Waals surface area contributed by atoms with Gasteiger partial charge in [-0.3, -0.25) is 4.79 Å². The lowest BCUT2D eigenvalue weighted by molar-refractivity contribution is 0.0950. The highest BCUT2D eigenvalue weighted by atomic mass is 79.9. The summed E-state index contributed by atoms with van der Waals surface area (Å²) < 4.78 is 3.88. The number of fused-ring (bicyclic) bond motifs is 1. The number of carbonyl (C=O) groups excluding carboxylic acids is 1. The van der Waals surface area contributed by atoms with Crippen molar-refractivity contribution >= 4 is 43.4 Å². The van der Waals surface area contributed by atoms with Crippen molar-refractivity contribution in [2.24, 2.45) is 0 Å². The Morgan fingerprint density at radius 2 is 1.96 bits per heavy atom. The standard InChI is InChI=1S/C19H15BrN4OS/c1-12-15(10-22-24(12)14-8-6-13(20)7-9-14)19(25)21-11-18-23-16-4-2-3-5-17(16)26-18/h2-10H,11H2,1H3,(H,21,25). The fraction of sp³-hybridized carbons (Fsp3) is 0.105. The molecule has 26 heavy (non-hydrogen) atoms. The van der Waals surface area contributed by atoms with Crippen molar-refractivity contribution < 1.29 is 4.79 Å². The number of nitrogens with zero attached hydrogens (tertiary/aromatic N) is 3. The van der Waals surface area contributed by atoms with Gasteiger partial charge in [-0.15, -0.1) is 11.3 Å². The zero-order valence-corrected chi connectivity index (χ0v) is 16.3. The van der Waals surface area contributed by atoms with E-state index in [0.29, 0.717) is 12.1 Å². The van der Waals surface area contributed by atoms with E-state index >= 15 is 0 Å². The molecule has 130 valence electrons. The SMILES string of the molecule is Cc1c(C(=O)NCc2nc3ccccc3s2)cnn1-c1ccc(Br)cc1. The van der Waals surface area contributed by atoms with Crippen molar-refractivity contribution in [2.45, 2.75) is 13.5 Å². The Labute approximate surface area is 162 Å². The van der Waals surface area contributed by atoms with Crippen LogP contribution in [0.3, 0.4) is 0 Å². The second-order valence-electron chi connectivity index (χ2n) is 5.79. The minimum absolute atomic E-state index is 0.148. The van der Waals surface area contributed by atoms with E-state index in [4.69, 9.17) is 0 Å². The molecule has 0 spiro atoms. The van der Waals surface area contributed by atoms with Crippen molar-refractivity contribution in [2.75, 3.05) is 0 Å². The van der Waals surface area contributed by atoms with Crippen molar-refractivity contribution in [3.63, 3.8) is 0 Å². The van der Waals surface area contributed by atoms with Gasteiger partial charge in [0.2, 0.25) is 0 Å². The number of hydrogen-bond acceptors (Lipinski definition) is 4. The molecule has 2 heterocycles. The highest BCUT2D eigenvalue weighted by molar-refractivity contribution is 9.10. The average molecular weight is 427 g/mol. The summed E-state index contributed by atoms with van der Waals surface area (Å²) in [6.45, 7) is 2.29. The normalized spacial score (nSPS) is 11.0. The lowest BCUT2D eigenvalue weighted by Gasteiger charge is -2.06. The number of carbonyl (C=O) groups is 1. The number of para-hydroxylation sites is 1. The Morgan fingerprint density at radius 1 is 1.19 bits per heavy atom. The van der Waals surface area contributed by atoms with Crippen LogP contribution in [0.25, 0.3) is 15.9 Å². The van der Waals surface area contributed by atoms with Crippen LogP contribution >= 0.6 is 27.3 Å². The molecule has 0 aliphatic rings. The zero-order valence-electron chi connectivity index (χ0n) is 13.9. The molecular formula is C19H15BrN4OS. The largest absolute Gasteiger partial charge is 0.345 e. The van der Waals surface area contributed by atoms with Gasteiger partial charge in [0.1, 0.15) is 5.01 Å². The molecule has 2 aromatic heterocycles. The molecule has 1 N–H and O–H groups in total. The molecule has 0 saturated heterocycles. The number of benzene rings is 2. The third-order valence-electron chi connectivity index (χ3n) is 4.06. The van der Waals surface area contributed by atoms with Crippen LogP contribution in [0.15, 0.2) is 59.2 Å². The van der Waals surface area contributed by atoms with Crippen LogP contribution in [0.4, 0.5) is 0 Å². The monoisotopic (exact) mass is 426 g/mol. The van der Waals surface area contributed by atoms with Crippen LogP contribution in [-0.4, -0.2) is 20.7 Å². The second-order valence-corrected chi connectivity index (χ2v) is 7.82. The molecule has 0 radical (unpaired) electrons. The summed E-state index contributed by atoms with van der Waals surface area (Å²) in [5, 5.41) is 8.18. The van der Waals surface area contributed by atoms with Crippen LogP contribution in [0.5, 0.6) is 0 Å². The number of nitrogens with one attached hydrogen (secondary N) is 1. The molecule has 1 amide bonds. The number of halogens is 1. The van der Waals surface area contributed by atoms with E-state index in [9.17, 15) is 4.79 Å². The lowest BCUT2D eigenvalue weighted by atomic mass is 10.2. The van der Waals surface area contributed by atoms with Gasteiger partial charge >= 0.3 is 0 Å². The highest BCUT2D eigenvalue weighted by Crippen LogP contribution is 2.22. The van der Waals surface area contributed by atoms with E-state index in [1.165, 1.54) is 0 Å². The summed E-state index contributed by atoms with van der Waals surface area (Å²) in [5.74, 6) is -0.148. The van der Waals surface area contributed by atoms with E-state index in [2.05, 4.69) is 31.3 Å². The summed E-state index contributed by atoms with van der Waals surface area (Å²) in [6.07, 6.45) is 1.60. The molecule has 0 saturated carbocycles. The first-order chi connectivity index (χ1) is 12.6. The highest BCUT2D eigenvalue weighted by Gasteiger charge is 2.15. The molecule has 7 heteroatoms. The zero-order chi connectivity index (χ0) is 18.1. The van der Waals surface area contributed by atoms with Gasteiger partial charge < -0.3 is 5.32 Å². The molecule has 0 atom stereocenters. The third kappa shape index (κ3) is 3.27. The summed E-state index contributed by atoms with van der Waals surface area (Å²) in [7, 11) is 0. The van der Waals surface area contributed by atoms with Gasteiger partial charge in [-0.25, -0.2) is 9.67 Å². The molecule has 0 aliphatic heterocycles. The second kappa shape index (κ2) is 7.01. The maximum absolute atomic E-state index is 12.6. The summed E-state index contributed by atoms with van der Waals surface area (Å²) in [6, 6.07) is 15.8. The molecule has 4 rings (SSSR count). The minimum Gasteiger partial charge on any atom is -0.345 e. The molecule has 4 aromatic rings. The minimum atomic E-state index is -0.148. The number of hydrogen-bond donors (Lipinski definition) is 1. The molecule has 0 fully saturated rings. The van der Waals surface area contributed by atoms with Crippen molar-refractivity contribution in [3.05, 3.63) is 75.5 Å². The van der Waals surface area contributed by atoms with Crippen LogP contribution in [-0.2, 0) is 6.54 Å². The molecule has 2 aromatic carbocycles. The van der Waals surface area contributed by atoms with Gasteiger partial charge in [-0.05, 0) is 43.3 Å². The fourth-order valence-electron chi connectivity index (χ4n) is 2.72. The topological polar surface area (TPSA) is 59.8 Å². The van der Waals surface area contributed by atoms with E-state index in [1.54, 1.807) is 22.2 Å². The van der Waals surface area contributed by atoms with Crippen molar-refractivity contribution in [1.29, 1.82) is 0 Å². The predicted molar refractivity (Wildman–Crippen MR) is 107 cm³/mol. The van der Waals surface area contributed by atoms with Gasteiger partial charge in [0.05, 0.1) is 39.9 Å². The van der Waals surface area contributed by atoms with Gasteiger partial charge in [0.25, 0.3) is 5.91 Å². The summed E-state index contributed by atoms with van der Waals surface area (Å²) >= 11 is 5.01.